The Labute approximate surface area is 133 Å². The van der Waals surface area contributed by atoms with Crippen molar-refractivity contribution in [3.63, 3.8) is 0 Å². The van der Waals surface area contributed by atoms with Crippen LogP contribution in [-0.2, 0) is 0 Å². The zero-order valence-electron chi connectivity index (χ0n) is 11.1. The molecule has 1 heterocycles. The van der Waals surface area contributed by atoms with E-state index >= 15 is 0 Å². The van der Waals surface area contributed by atoms with Crippen LogP contribution >= 0.6 is 35.0 Å². The molecule has 1 unspecified atom stereocenters. The highest BCUT2D eigenvalue weighted by Gasteiger charge is 2.21. The quantitative estimate of drug-likeness (QED) is 0.732. The topological polar surface area (TPSA) is 12.0 Å². The lowest BCUT2D eigenvalue weighted by Gasteiger charge is -2.27. The third-order valence-corrected chi connectivity index (χ3v) is 5.14. The Hall–Kier alpha value is -0.830. The minimum absolute atomic E-state index is 0.269. The second-order valence-corrected chi connectivity index (χ2v) is 6.98. The summed E-state index contributed by atoms with van der Waals surface area (Å²) in [6.45, 7) is 2.04. The minimum atomic E-state index is 0.269. The van der Waals surface area contributed by atoms with Gasteiger partial charge in [0.1, 0.15) is 0 Å². The van der Waals surface area contributed by atoms with Gasteiger partial charge in [-0.05, 0) is 54.8 Å². The molecule has 0 aromatic heterocycles. The lowest BCUT2D eigenvalue weighted by molar-refractivity contribution is 0.729. The number of fused-ring (bicyclic) bond motifs is 1. The molecule has 0 saturated carbocycles. The molecule has 0 aliphatic carbocycles. The number of hydrogen-bond donors (Lipinski definition) is 1. The van der Waals surface area contributed by atoms with Crippen molar-refractivity contribution in [3.8, 4) is 0 Å². The fourth-order valence-electron chi connectivity index (χ4n) is 2.44. The van der Waals surface area contributed by atoms with Crippen LogP contribution in [0.2, 0.25) is 10.0 Å². The molecule has 1 nitrogen and oxygen atoms in total. The highest BCUT2D eigenvalue weighted by atomic mass is 35.5. The molecular formula is C16H15Cl2NS. The second-order valence-electron chi connectivity index (χ2n) is 5.00. The van der Waals surface area contributed by atoms with Crippen LogP contribution in [0.15, 0.2) is 41.3 Å². The van der Waals surface area contributed by atoms with Crippen LogP contribution in [0.5, 0.6) is 0 Å². The Balaban J connectivity index is 1.91. The first-order valence-electron chi connectivity index (χ1n) is 6.58. The maximum atomic E-state index is 6.31. The number of rotatable bonds is 2. The van der Waals surface area contributed by atoms with Crippen molar-refractivity contribution in [1.29, 1.82) is 0 Å². The van der Waals surface area contributed by atoms with Crippen LogP contribution in [0.3, 0.4) is 0 Å². The average Bonchev–Trinajstić information content (AvgIpc) is 2.42. The maximum Gasteiger partial charge on any atom is 0.0640 e. The molecule has 20 heavy (non-hydrogen) atoms. The first kappa shape index (κ1) is 14.1. The molecule has 2 aromatic carbocycles. The molecule has 3 rings (SSSR count). The van der Waals surface area contributed by atoms with Crippen LogP contribution in [0, 0.1) is 6.92 Å². The van der Waals surface area contributed by atoms with E-state index in [1.807, 2.05) is 36.9 Å². The van der Waals surface area contributed by atoms with Crippen LogP contribution in [0.1, 0.15) is 23.6 Å². The van der Waals surface area contributed by atoms with E-state index in [-0.39, 0.29) is 6.04 Å². The summed E-state index contributed by atoms with van der Waals surface area (Å²) < 4.78 is 0. The summed E-state index contributed by atoms with van der Waals surface area (Å²) >= 11 is 14.3. The van der Waals surface area contributed by atoms with Gasteiger partial charge in [-0.1, -0.05) is 29.3 Å². The molecule has 0 radical (unpaired) electrons. The third-order valence-electron chi connectivity index (χ3n) is 3.47. The predicted molar refractivity (Wildman–Crippen MR) is 89.3 cm³/mol. The van der Waals surface area contributed by atoms with E-state index in [0.717, 1.165) is 27.9 Å². The Kier molecular flexibility index (Phi) is 4.16. The van der Waals surface area contributed by atoms with Crippen molar-refractivity contribution in [3.05, 3.63) is 57.6 Å². The number of nitrogens with one attached hydrogen (secondary N) is 1. The van der Waals surface area contributed by atoms with E-state index in [9.17, 15) is 0 Å². The van der Waals surface area contributed by atoms with Gasteiger partial charge in [-0.15, -0.1) is 11.8 Å². The number of benzene rings is 2. The normalized spacial score (nSPS) is 17.6. The van der Waals surface area contributed by atoms with E-state index in [2.05, 4.69) is 23.5 Å². The number of hydrogen-bond acceptors (Lipinski definition) is 2. The van der Waals surface area contributed by atoms with Gasteiger partial charge in [0.05, 0.1) is 16.8 Å². The Morgan fingerprint density at radius 1 is 1.15 bits per heavy atom. The van der Waals surface area contributed by atoms with Gasteiger partial charge in [-0.25, -0.2) is 0 Å². The molecule has 1 atom stereocenters. The number of aryl methyl sites for hydroxylation is 1. The molecule has 0 spiro atoms. The first-order chi connectivity index (χ1) is 9.63. The zero-order chi connectivity index (χ0) is 14.1. The predicted octanol–water partition coefficient (Wildman–Crippen LogP) is 5.95. The summed E-state index contributed by atoms with van der Waals surface area (Å²) in [5, 5.41) is 5.11. The molecule has 0 amide bonds. The first-order valence-corrected chi connectivity index (χ1v) is 8.32. The molecule has 2 aromatic rings. The molecule has 1 aliphatic rings. The van der Waals surface area contributed by atoms with E-state index in [1.54, 1.807) is 0 Å². The largest absolute Gasteiger partial charge is 0.377 e. The van der Waals surface area contributed by atoms with Crippen LogP contribution in [0.25, 0.3) is 0 Å². The summed E-state index contributed by atoms with van der Waals surface area (Å²) in [5.74, 6) is 1.11. The highest BCUT2D eigenvalue weighted by molar-refractivity contribution is 7.99. The van der Waals surface area contributed by atoms with Crippen molar-refractivity contribution in [2.45, 2.75) is 24.3 Å². The molecule has 104 valence electrons. The average molecular weight is 324 g/mol. The second kappa shape index (κ2) is 5.88. The van der Waals surface area contributed by atoms with Gasteiger partial charge in [-0.3, -0.25) is 0 Å². The maximum absolute atomic E-state index is 6.31. The van der Waals surface area contributed by atoms with Gasteiger partial charge >= 0.3 is 0 Å². The minimum Gasteiger partial charge on any atom is -0.377 e. The SMILES string of the molecule is Cc1ccc(NC2CCSc3ccc(Cl)cc32)c(Cl)c1. The Morgan fingerprint density at radius 2 is 2.00 bits per heavy atom. The number of thioether (sulfide) groups is 1. The summed E-state index contributed by atoms with van der Waals surface area (Å²) in [6.07, 6.45) is 1.07. The zero-order valence-corrected chi connectivity index (χ0v) is 13.4. The van der Waals surface area contributed by atoms with Crippen molar-refractivity contribution >= 4 is 40.7 Å². The van der Waals surface area contributed by atoms with Crippen molar-refractivity contribution in [2.24, 2.45) is 0 Å². The standard InChI is InChI=1S/C16H15Cl2NS/c1-10-2-4-15(13(18)8-10)19-14-6-7-20-16-5-3-11(17)9-12(14)16/h2-5,8-9,14,19H,6-7H2,1H3. The third kappa shape index (κ3) is 2.93. The van der Waals surface area contributed by atoms with E-state index in [4.69, 9.17) is 23.2 Å². The fourth-order valence-corrected chi connectivity index (χ4v) is 4.02. The van der Waals surface area contributed by atoms with Crippen LogP contribution in [-0.4, -0.2) is 5.75 Å². The van der Waals surface area contributed by atoms with Crippen molar-refractivity contribution in [1.82, 2.24) is 0 Å². The molecule has 0 fully saturated rings. The summed E-state index contributed by atoms with van der Waals surface area (Å²) in [6, 6.07) is 12.5. The molecular weight excluding hydrogens is 309 g/mol. The Morgan fingerprint density at radius 3 is 2.80 bits per heavy atom. The van der Waals surface area contributed by atoms with Crippen molar-refractivity contribution < 1.29 is 0 Å². The van der Waals surface area contributed by atoms with E-state index in [1.165, 1.54) is 16.0 Å². The van der Waals surface area contributed by atoms with Gasteiger partial charge < -0.3 is 5.32 Å². The highest BCUT2D eigenvalue weighted by Crippen LogP contribution is 2.40. The summed E-state index contributed by atoms with van der Waals surface area (Å²) in [4.78, 5) is 1.31. The van der Waals surface area contributed by atoms with Gasteiger partial charge in [0.15, 0.2) is 0 Å². The number of halogens is 2. The van der Waals surface area contributed by atoms with Crippen LogP contribution < -0.4 is 5.32 Å². The van der Waals surface area contributed by atoms with Crippen molar-refractivity contribution in [2.75, 3.05) is 11.1 Å². The lowest BCUT2D eigenvalue weighted by Crippen LogP contribution is -2.16. The molecule has 4 heteroatoms. The summed E-state index contributed by atoms with van der Waals surface area (Å²) in [5.41, 5.74) is 3.42. The van der Waals surface area contributed by atoms with Crippen LogP contribution in [0.4, 0.5) is 5.69 Å². The fraction of sp³-hybridized carbons (Fsp3) is 0.250. The molecule has 1 N–H and O–H groups in total. The lowest BCUT2D eigenvalue weighted by atomic mass is 10.0. The number of anilines is 1. The van der Waals surface area contributed by atoms with Gasteiger partial charge in [0.25, 0.3) is 0 Å². The molecule has 0 bridgehead atoms. The van der Waals surface area contributed by atoms with Gasteiger partial charge in [-0.2, -0.15) is 0 Å². The van der Waals surface area contributed by atoms with E-state index < -0.39 is 0 Å². The molecule has 0 saturated heterocycles. The van der Waals surface area contributed by atoms with E-state index in [0.29, 0.717) is 0 Å². The van der Waals surface area contributed by atoms with Gasteiger partial charge in [0.2, 0.25) is 0 Å². The van der Waals surface area contributed by atoms with Gasteiger partial charge in [0, 0.05) is 15.7 Å². The summed E-state index contributed by atoms with van der Waals surface area (Å²) in [7, 11) is 0. The smallest absolute Gasteiger partial charge is 0.0640 e. The molecule has 1 aliphatic heterocycles. The Bertz CT molecular complexity index is 642. The monoisotopic (exact) mass is 323 g/mol.